The zero-order valence-corrected chi connectivity index (χ0v) is 9.60. The highest BCUT2D eigenvalue weighted by Gasteiger charge is 2.13. The van der Waals surface area contributed by atoms with Crippen LogP contribution in [0.4, 0.5) is 0 Å². The first-order valence-corrected chi connectivity index (χ1v) is 5.12. The number of hydrogen-bond acceptors (Lipinski definition) is 5. The van der Waals surface area contributed by atoms with Crippen molar-refractivity contribution in [2.24, 2.45) is 7.05 Å². The van der Waals surface area contributed by atoms with Crippen LogP contribution in [0.3, 0.4) is 0 Å². The maximum atomic E-state index is 5.56. The Hall–Kier alpha value is -1.85. The molecule has 0 fully saturated rings. The molecule has 0 radical (unpaired) electrons. The molecule has 0 saturated carbocycles. The first-order chi connectivity index (χ1) is 7.76. The molecule has 0 saturated heterocycles. The molecule has 2 aromatic rings. The quantitative estimate of drug-likeness (QED) is 0.776. The van der Waals surface area contributed by atoms with Crippen molar-refractivity contribution in [1.29, 1.82) is 0 Å². The second-order valence-electron chi connectivity index (χ2n) is 3.39. The topological polar surface area (TPSA) is 62.1 Å². The van der Waals surface area contributed by atoms with E-state index in [4.69, 9.17) is 9.47 Å². The van der Waals surface area contributed by atoms with Gasteiger partial charge in [0.1, 0.15) is 0 Å². The van der Waals surface area contributed by atoms with Gasteiger partial charge in [-0.1, -0.05) is 6.92 Å². The fourth-order valence-corrected chi connectivity index (χ4v) is 1.39. The Kier molecular flexibility index (Phi) is 2.89. The summed E-state index contributed by atoms with van der Waals surface area (Å²) in [6, 6.07) is 0.275. The average molecular weight is 222 g/mol. The van der Waals surface area contributed by atoms with E-state index in [-0.39, 0.29) is 6.01 Å². The molecule has 86 valence electrons. The Bertz CT molecular complexity index is 495. The fraction of sp³-hybridized carbons (Fsp3) is 0.500. The minimum atomic E-state index is 0.275. The summed E-state index contributed by atoms with van der Waals surface area (Å²) in [5.41, 5.74) is 1.37. The van der Waals surface area contributed by atoms with Crippen LogP contribution >= 0.6 is 0 Å². The number of nitrogens with zero attached hydrogens (tertiary/aromatic N) is 4. The van der Waals surface area contributed by atoms with E-state index in [1.165, 1.54) is 7.11 Å². The molecule has 0 bridgehead atoms. The van der Waals surface area contributed by atoms with Gasteiger partial charge in [-0.3, -0.25) is 0 Å². The highest BCUT2D eigenvalue weighted by Crippen LogP contribution is 2.23. The summed E-state index contributed by atoms with van der Waals surface area (Å²) in [4.78, 5) is 12.5. The molecule has 6 nitrogen and oxygen atoms in total. The maximum Gasteiger partial charge on any atom is 0.321 e. The van der Waals surface area contributed by atoms with Gasteiger partial charge in [-0.2, -0.15) is 9.97 Å². The SMILES string of the molecule is CCCOc1nc(OC)nc2ncn(C)c12. The van der Waals surface area contributed by atoms with E-state index in [1.807, 2.05) is 18.5 Å². The molecule has 2 rings (SSSR count). The lowest BCUT2D eigenvalue weighted by Gasteiger charge is -2.07. The Labute approximate surface area is 93.2 Å². The monoisotopic (exact) mass is 222 g/mol. The number of methoxy groups -OCH3 is 1. The smallest absolute Gasteiger partial charge is 0.321 e. The van der Waals surface area contributed by atoms with E-state index in [1.54, 1.807) is 6.33 Å². The van der Waals surface area contributed by atoms with Gasteiger partial charge < -0.3 is 14.0 Å². The molecule has 0 spiro atoms. The minimum Gasteiger partial charge on any atom is -0.476 e. The van der Waals surface area contributed by atoms with Crippen LogP contribution in [-0.4, -0.2) is 33.2 Å². The maximum absolute atomic E-state index is 5.56. The highest BCUT2D eigenvalue weighted by molar-refractivity contribution is 5.76. The predicted molar refractivity (Wildman–Crippen MR) is 58.6 cm³/mol. The van der Waals surface area contributed by atoms with E-state index in [0.717, 1.165) is 11.9 Å². The zero-order valence-electron chi connectivity index (χ0n) is 9.60. The molecule has 0 aliphatic carbocycles. The van der Waals surface area contributed by atoms with Gasteiger partial charge in [0.2, 0.25) is 5.88 Å². The summed E-state index contributed by atoms with van der Waals surface area (Å²) >= 11 is 0. The van der Waals surface area contributed by atoms with Gasteiger partial charge in [0, 0.05) is 7.05 Å². The van der Waals surface area contributed by atoms with Crippen LogP contribution in [0, 0.1) is 0 Å². The van der Waals surface area contributed by atoms with E-state index in [9.17, 15) is 0 Å². The van der Waals surface area contributed by atoms with E-state index in [0.29, 0.717) is 18.1 Å². The molecular weight excluding hydrogens is 208 g/mol. The second-order valence-corrected chi connectivity index (χ2v) is 3.39. The van der Waals surface area contributed by atoms with E-state index >= 15 is 0 Å². The van der Waals surface area contributed by atoms with Crippen LogP contribution in [0.25, 0.3) is 11.2 Å². The molecule has 0 N–H and O–H groups in total. The molecule has 6 heteroatoms. The first kappa shape index (κ1) is 10.7. The number of rotatable bonds is 4. The standard InChI is InChI=1S/C10H14N4O2/c1-4-5-16-9-7-8(11-6-14(7)2)12-10(13-9)15-3/h6H,4-5H2,1-3H3. The van der Waals surface area contributed by atoms with Crippen molar-refractivity contribution in [3.05, 3.63) is 6.33 Å². The number of ether oxygens (including phenoxy) is 2. The number of fused-ring (bicyclic) bond motifs is 1. The molecule has 0 unspecified atom stereocenters. The number of imidazole rings is 1. The summed E-state index contributed by atoms with van der Waals surface area (Å²) in [6.45, 7) is 2.65. The van der Waals surface area contributed by atoms with Gasteiger partial charge in [-0.25, -0.2) is 4.98 Å². The summed E-state index contributed by atoms with van der Waals surface area (Å²) in [7, 11) is 3.40. The predicted octanol–water partition coefficient (Wildman–Crippen LogP) is 1.16. The molecule has 0 atom stereocenters. The van der Waals surface area contributed by atoms with Crippen LogP contribution in [0.15, 0.2) is 6.33 Å². The van der Waals surface area contributed by atoms with Crippen molar-refractivity contribution in [2.45, 2.75) is 13.3 Å². The molecule has 0 aromatic carbocycles. The van der Waals surface area contributed by atoms with Gasteiger partial charge in [0.15, 0.2) is 11.2 Å². The lowest BCUT2D eigenvalue weighted by Crippen LogP contribution is -2.02. The number of aromatic nitrogens is 4. The molecular formula is C10H14N4O2. The summed E-state index contributed by atoms with van der Waals surface area (Å²) < 4.78 is 12.4. The largest absolute Gasteiger partial charge is 0.476 e. The van der Waals surface area contributed by atoms with Gasteiger partial charge >= 0.3 is 6.01 Å². The molecule has 0 aliphatic heterocycles. The van der Waals surface area contributed by atoms with Crippen molar-refractivity contribution in [1.82, 2.24) is 19.5 Å². The van der Waals surface area contributed by atoms with Crippen molar-refractivity contribution in [3.63, 3.8) is 0 Å². The van der Waals surface area contributed by atoms with Crippen molar-refractivity contribution in [3.8, 4) is 11.9 Å². The Morgan fingerprint density at radius 2 is 2.19 bits per heavy atom. The van der Waals surface area contributed by atoms with Gasteiger partial charge in [0.25, 0.3) is 0 Å². The van der Waals surface area contributed by atoms with Crippen LogP contribution in [0.5, 0.6) is 11.9 Å². The van der Waals surface area contributed by atoms with Gasteiger partial charge in [0.05, 0.1) is 20.0 Å². The van der Waals surface area contributed by atoms with Crippen LogP contribution in [0.1, 0.15) is 13.3 Å². The van der Waals surface area contributed by atoms with Crippen LogP contribution in [0.2, 0.25) is 0 Å². The highest BCUT2D eigenvalue weighted by atomic mass is 16.5. The van der Waals surface area contributed by atoms with Gasteiger partial charge in [-0.15, -0.1) is 0 Å². The lowest BCUT2D eigenvalue weighted by atomic mass is 10.5. The Morgan fingerprint density at radius 1 is 1.38 bits per heavy atom. The summed E-state index contributed by atoms with van der Waals surface area (Å²) in [6.07, 6.45) is 2.60. The van der Waals surface area contributed by atoms with Gasteiger partial charge in [-0.05, 0) is 6.42 Å². The average Bonchev–Trinajstić information content (AvgIpc) is 2.68. The molecule has 0 aliphatic rings. The van der Waals surface area contributed by atoms with E-state index in [2.05, 4.69) is 15.0 Å². The molecule has 2 aromatic heterocycles. The normalized spacial score (nSPS) is 10.7. The third-order valence-electron chi connectivity index (χ3n) is 2.14. The van der Waals surface area contributed by atoms with Crippen molar-refractivity contribution in [2.75, 3.05) is 13.7 Å². The van der Waals surface area contributed by atoms with Crippen LogP contribution < -0.4 is 9.47 Å². The molecule has 2 heterocycles. The summed E-state index contributed by atoms with van der Waals surface area (Å²) in [5.74, 6) is 0.517. The van der Waals surface area contributed by atoms with E-state index < -0.39 is 0 Å². The summed E-state index contributed by atoms with van der Waals surface area (Å²) in [5, 5.41) is 0. The minimum absolute atomic E-state index is 0.275. The lowest BCUT2D eigenvalue weighted by molar-refractivity contribution is 0.298. The molecule has 16 heavy (non-hydrogen) atoms. The third-order valence-corrected chi connectivity index (χ3v) is 2.14. The molecule has 0 amide bonds. The Morgan fingerprint density at radius 3 is 2.88 bits per heavy atom. The number of hydrogen-bond donors (Lipinski definition) is 0. The van der Waals surface area contributed by atoms with Crippen LogP contribution in [-0.2, 0) is 7.05 Å². The third kappa shape index (κ3) is 1.78. The van der Waals surface area contributed by atoms with Crippen molar-refractivity contribution >= 4 is 11.2 Å². The zero-order chi connectivity index (χ0) is 11.5. The van der Waals surface area contributed by atoms with Crippen molar-refractivity contribution < 1.29 is 9.47 Å². The number of aryl methyl sites for hydroxylation is 1. The second kappa shape index (κ2) is 4.34. The Balaban J connectivity index is 2.52. The first-order valence-electron chi connectivity index (χ1n) is 5.12. The fourth-order valence-electron chi connectivity index (χ4n) is 1.39.